The van der Waals surface area contributed by atoms with E-state index in [2.05, 4.69) is 5.32 Å². The minimum atomic E-state index is -1.08. The summed E-state index contributed by atoms with van der Waals surface area (Å²) in [4.78, 5) is 23.6. The van der Waals surface area contributed by atoms with Gasteiger partial charge in [-0.2, -0.15) is 0 Å². The Balaban J connectivity index is 2.25. The van der Waals surface area contributed by atoms with Gasteiger partial charge in [0.15, 0.2) is 6.04 Å². The van der Waals surface area contributed by atoms with E-state index in [4.69, 9.17) is 16.7 Å². The van der Waals surface area contributed by atoms with Crippen molar-refractivity contribution in [2.45, 2.75) is 17.4 Å². The molecule has 1 aromatic carbocycles. The fraction of sp³-hybridized carbons (Fsp3) is 0.333. The summed E-state index contributed by atoms with van der Waals surface area (Å²) in [6.07, 6.45) is 0.934. The standard InChI is InChI=1S/C12H12ClNO3S/c13-6-10(15)14-11(12(16)17)8-1-2-9-7(5-8)3-4-18-9/h1-2,5,11H,3-4,6H2,(H,14,15)(H,16,17). The highest BCUT2D eigenvalue weighted by atomic mass is 35.5. The fourth-order valence-corrected chi connectivity index (χ4v) is 3.00. The molecule has 0 spiro atoms. The summed E-state index contributed by atoms with van der Waals surface area (Å²) in [6.45, 7) is 0. The van der Waals surface area contributed by atoms with Gasteiger partial charge in [-0.3, -0.25) is 4.79 Å². The molecule has 1 aliphatic rings. The highest BCUT2D eigenvalue weighted by Gasteiger charge is 2.23. The predicted molar refractivity (Wildman–Crippen MR) is 70.1 cm³/mol. The predicted octanol–water partition coefficient (Wildman–Crippen LogP) is 1.82. The molecule has 0 aliphatic carbocycles. The van der Waals surface area contributed by atoms with Gasteiger partial charge in [0, 0.05) is 10.6 Å². The molecule has 0 radical (unpaired) electrons. The van der Waals surface area contributed by atoms with Crippen LogP contribution in [0.5, 0.6) is 0 Å². The van der Waals surface area contributed by atoms with Crippen LogP contribution in [-0.4, -0.2) is 28.6 Å². The Kier molecular flexibility index (Phi) is 4.14. The van der Waals surface area contributed by atoms with Gasteiger partial charge < -0.3 is 10.4 Å². The molecule has 0 fully saturated rings. The molecule has 1 amide bonds. The zero-order chi connectivity index (χ0) is 13.1. The van der Waals surface area contributed by atoms with E-state index in [0.717, 1.165) is 17.7 Å². The minimum absolute atomic E-state index is 0.245. The molecule has 2 rings (SSSR count). The third kappa shape index (κ3) is 2.79. The van der Waals surface area contributed by atoms with Gasteiger partial charge in [0.25, 0.3) is 0 Å². The molecule has 1 unspecified atom stereocenters. The number of alkyl halides is 1. The average Bonchev–Trinajstić information content (AvgIpc) is 2.82. The van der Waals surface area contributed by atoms with Crippen LogP contribution in [0, 0.1) is 0 Å². The summed E-state index contributed by atoms with van der Waals surface area (Å²) in [5.41, 5.74) is 1.73. The Morgan fingerprint density at radius 2 is 2.28 bits per heavy atom. The monoisotopic (exact) mass is 285 g/mol. The molecule has 6 heteroatoms. The van der Waals surface area contributed by atoms with Crippen LogP contribution < -0.4 is 5.32 Å². The maximum atomic E-state index is 11.2. The fourth-order valence-electron chi connectivity index (χ4n) is 1.87. The van der Waals surface area contributed by atoms with E-state index in [1.807, 2.05) is 12.1 Å². The van der Waals surface area contributed by atoms with E-state index in [0.29, 0.717) is 5.56 Å². The lowest BCUT2D eigenvalue weighted by molar-refractivity contribution is -0.141. The Hall–Kier alpha value is -1.20. The molecule has 18 heavy (non-hydrogen) atoms. The molecule has 1 aromatic rings. The van der Waals surface area contributed by atoms with Crippen LogP contribution in [0.2, 0.25) is 0 Å². The summed E-state index contributed by atoms with van der Waals surface area (Å²) in [5.74, 6) is -0.798. The number of hydrogen-bond acceptors (Lipinski definition) is 3. The summed E-state index contributed by atoms with van der Waals surface area (Å²) < 4.78 is 0. The van der Waals surface area contributed by atoms with Crippen molar-refractivity contribution in [3.63, 3.8) is 0 Å². The van der Waals surface area contributed by atoms with Crippen LogP contribution in [0.25, 0.3) is 0 Å². The third-order valence-electron chi connectivity index (χ3n) is 2.72. The third-order valence-corrected chi connectivity index (χ3v) is 4.08. The second kappa shape index (κ2) is 5.63. The number of carboxylic acids is 1. The van der Waals surface area contributed by atoms with Crippen LogP contribution >= 0.6 is 23.4 Å². The van der Waals surface area contributed by atoms with Crippen molar-refractivity contribution >= 4 is 35.2 Å². The van der Waals surface area contributed by atoms with Crippen molar-refractivity contribution in [1.29, 1.82) is 0 Å². The molecule has 1 atom stereocenters. The van der Waals surface area contributed by atoms with Gasteiger partial charge in [-0.25, -0.2) is 4.79 Å². The van der Waals surface area contributed by atoms with Gasteiger partial charge in [0.2, 0.25) is 5.91 Å². The topological polar surface area (TPSA) is 66.4 Å². The van der Waals surface area contributed by atoms with Crippen molar-refractivity contribution in [3.05, 3.63) is 29.3 Å². The minimum Gasteiger partial charge on any atom is -0.479 e. The Bertz CT molecular complexity index is 492. The number of hydrogen-bond donors (Lipinski definition) is 2. The number of aliphatic carboxylic acids is 1. The van der Waals surface area contributed by atoms with E-state index in [9.17, 15) is 9.59 Å². The van der Waals surface area contributed by atoms with Gasteiger partial charge in [-0.05, 0) is 23.6 Å². The van der Waals surface area contributed by atoms with E-state index in [1.165, 1.54) is 4.90 Å². The summed E-state index contributed by atoms with van der Waals surface area (Å²) in [5, 5.41) is 11.6. The first-order valence-corrected chi connectivity index (χ1v) is 6.97. The zero-order valence-electron chi connectivity index (χ0n) is 9.48. The van der Waals surface area contributed by atoms with E-state index in [-0.39, 0.29) is 5.88 Å². The van der Waals surface area contributed by atoms with E-state index in [1.54, 1.807) is 17.8 Å². The van der Waals surface area contributed by atoms with Gasteiger partial charge in [-0.1, -0.05) is 12.1 Å². The van der Waals surface area contributed by atoms with Gasteiger partial charge in [-0.15, -0.1) is 23.4 Å². The van der Waals surface area contributed by atoms with Crippen LogP contribution in [0.3, 0.4) is 0 Å². The Morgan fingerprint density at radius 1 is 1.50 bits per heavy atom. The molecule has 4 nitrogen and oxygen atoms in total. The molecule has 2 N–H and O–H groups in total. The summed E-state index contributed by atoms with van der Waals surface area (Å²) >= 11 is 7.13. The molecule has 0 saturated heterocycles. The number of amides is 1. The second-order valence-electron chi connectivity index (χ2n) is 3.94. The Labute approximate surface area is 114 Å². The van der Waals surface area contributed by atoms with Crippen LogP contribution in [0.4, 0.5) is 0 Å². The molecule has 1 heterocycles. The quantitative estimate of drug-likeness (QED) is 0.828. The SMILES string of the molecule is O=C(CCl)NC(C(=O)O)c1ccc2c(c1)CCS2. The summed E-state index contributed by atoms with van der Waals surface area (Å²) in [7, 11) is 0. The van der Waals surface area contributed by atoms with Crippen molar-refractivity contribution < 1.29 is 14.7 Å². The normalized spacial score (nSPS) is 14.9. The smallest absolute Gasteiger partial charge is 0.330 e. The number of thioether (sulfide) groups is 1. The van der Waals surface area contributed by atoms with Crippen LogP contribution in [0.1, 0.15) is 17.2 Å². The number of aryl methyl sites for hydroxylation is 1. The first-order valence-electron chi connectivity index (χ1n) is 5.45. The molecule has 0 bridgehead atoms. The van der Waals surface area contributed by atoms with Gasteiger partial charge in [0.1, 0.15) is 5.88 Å². The van der Waals surface area contributed by atoms with Crippen LogP contribution in [-0.2, 0) is 16.0 Å². The summed E-state index contributed by atoms with van der Waals surface area (Å²) in [6, 6.07) is 4.46. The molecule has 96 valence electrons. The first kappa shape index (κ1) is 13.2. The molecular weight excluding hydrogens is 274 g/mol. The van der Waals surface area contributed by atoms with E-state index < -0.39 is 17.9 Å². The number of carbonyl (C=O) groups is 2. The maximum Gasteiger partial charge on any atom is 0.330 e. The van der Waals surface area contributed by atoms with E-state index >= 15 is 0 Å². The molecule has 0 saturated carbocycles. The lowest BCUT2D eigenvalue weighted by Crippen LogP contribution is -2.34. The number of carboxylic acid groups (broad SMARTS) is 1. The molecule has 0 aromatic heterocycles. The van der Waals surface area contributed by atoms with Gasteiger partial charge in [0.05, 0.1) is 0 Å². The van der Waals surface area contributed by atoms with Gasteiger partial charge >= 0.3 is 5.97 Å². The zero-order valence-corrected chi connectivity index (χ0v) is 11.1. The lowest BCUT2D eigenvalue weighted by Gasteiger charge is -2.15. The highest BCUT2D eigenvalue weighted by molar-refractivity contribution is 7.99. The number of carbonyl (C=O) groups excluding carboxylic acids is 1. The number of fused-ring (bicyclic) bond motifs is 1. The molecule has 1 aliphatic heterocycles. The largest absolute Gasteiger partial charge is 0.479 e. The lowest BCUT2D eigenvalue weighted by atomic mass is 10.0. The van der Waals surface area contributed by atoms with Crippen molar-refractivity contribution in [3.8, 4) is 0 Å². The molecular formula is C12H12ClNO3S. The number of halogens is 1. The van der Waals surface area contributed by atoms with Crippen LogP contribution in [0.15, 0.2) is 23.1 Å². The highest BCUT2D eigenvalue weighted by Crippen LogP contribution is 2.32. The maximum absolute atomic E-state index is 11.2. The van der Waals surface area contributed by atoms with Crippen molar-refractivity contribution in [1.82, 2.24) is 5.32 Å². The second-order valence-corrected chi connectivity index (χ2v) is 5.34. The van der Waals surface area contributed by atoms with Crippen molar-refractivity contribution in [2.24, 2.45) is 0 Å². The average molecular weight is 286 g/mol. The Morgan fingerprint density at radius 3 is 2.94 bits per heavy atom. The number of benzene rings is 1. The number of nitrogens with one attached hydrogen (secondary N) is 1. The van der Waals surface area contributed by atoms with Crippen molar-refractivity contribution in [2.75, 3.05) is 11.6 Å². The number of rotatable bonds is 4. The first-order chi connectivity index (χ1) is 8.61.